The monoisotopic (exact) mass is 393 g/mol. The maximum Gasteiger partial charge on any atom is 0.234 e. The van der Waals surface area contributed by atoms with Crippen LogP contribution in [0.5, 0.6) is 0 Å². The average Bonchev–Trinajstić information content (AvgIpc) is 3.17. The Morgan fingerprint density at radius 2 is 1.81 bits per heavy atom. The molecule has 2 N–H and O–H groups in total. The number of benzene rings is 1. The maximum absolute atomic E-state index is 12.5. The number of carbonyl (C=O) groups excluding carboxylic acids is 1. The van der Waals surface area contributed by atoms with Crippen molar-refractivity contribution in [2.24, 2.45) is 5.92 Å². The molecular weight excluding hydrogens is 358 g/mol. The average molecular weight is 394 g/mol. The number of nitrogens with zero attached hydrogens (tertiary/aromatic N) is 1. The van der Waals surface area contributed by atoms with Gasteiger partial charge in [0.15, 0.2) is 0 Å². The van der Waals surface area contributed by atoms with Gasteiger partial charge in [-0.1, -0.05) is 43.2 Å². The van der Waals surface area contributed by atoms with E-state index in [1.807, 2.05) is 7.05 Å². The summed E-state index contributed by atoms with van der Waals surface area (Å²) in [5, 5.41) is 6.51. The minimum atomic E-state index is 0. The van der Waals surface area contributed by atoms with Crippen LogP contribution in [-0.2, 0) is 10.2 Å². The summed E-state index contributed by atoms with van der Waals surface area (Å²) in [7, 11) is 2.02. The molecule has 0 aromatic heterocycles. The summed E-state index contributed by atoms with van der Waals surface area (Å²) in [5.74, 6) is 1.02. The van der Waals surface area contributed by atoms with Crippen LogP contribution in [0.25, 0.3) is 0 Å². The van der Waals surface area contributed by atoms with E-state index in [2.05, 4.69) is 45.9 Å². The van der Waals surface area contributed by atoms with Crippen LogP contribution < -0.4 is 10.6 Å². The van der Waals surface area contributed by atoms with Crippen LogP contribution >= 0.6 is 12.4 Å². The molecule has 1 aliphatic carbocycles. The van der Waals surface area contributed by atoms with Gasteiger partial charge < -0.3 is 10.6 Å². The molecule has 27 heavy (non-hydrogen) atoms. The third-order valence-electron chi connectivity index (χ3n) is 6.45. The number of rotatable bonds is 8. The number of nitrogens with one attached hydrogen (secondary N) is 2. The van der Waals surface area contributed by atoms with Crippen molar-refractivity contribution < 1.29 is 4.79 Å². The van der Waals surface area contributed by atoms with Crippen LogP contribution in [0, 0.1) is 5.92 Å². The van der Waals surface area contributed by atoms with Gasteiger partial charge in [-0.05, 0) is 70.3 Å². The molecular formula is C22H36ClN3O. The number of carbonyl (C=O) groups is 1. The molecule has 1 aromatic carbocycles. The van der Waals surface area contributed by atoms with E-state index >= 15 is 0 Å². The summed E-state index contributed by atoms with van der Waals surface area (Å²) in [6.07, 6.45) is 8.63. The third-order valence-corrected chi connectivity index (χ3v) is 6.45. The molecule has 5 heteroatoms. The maximum atomic E-state index is 12.5. The van der Waals surface area contributed by atoms with E-state index in [4.69, 9.17) is 0 Å². The quantitative estimate of drug-likeness (QED) is 0.711. The Bertz CT molecular complexity index is 552. The van der Waals surface area contributed by atoms with Gasteiger partial charge >= 0.3 is 0 Å². The largest absolute Gasteiger partial charge is 0.354 e. The van der Waals surface area contributed by atoms with Crippen molar-refractivity contribution in [3.63, 3.8) is 0 Å². The van der Waals surface area contributed by atoms with Crippen molar-refractivity contribution in [2.45, 2.75) is 50.4 Å². The molecule has 1 aromatic rings. The molecule has 0 bridgehead atoms. The first-order chi connectivity index (χ1) is 12.7. The van der Waals surface area contributed by atoms with E-state index in [-0.39, 0.29) is 23.7 Å². The zero-order valence-electron chi connectivity index (χ0n) is 16.7. The fraction of sp³-hybridized carbons (Fsp3) is 0.682. The number of likely N-dealkylation sites (tertiary alicyclic amines) is 1. The molecule has 2 fully saturated rings. The predicted molar refractivity (Wildman–Crippen MR) is 115 cm³/mol. The molecule has 2 aliphatic rings. The minimum absolute atomic E-state index is 0. The summed E-state index contributed by atoms with van der Waals surface area (Å²) in [6.45, 7) is 4.57. The van der Waals surface area contributed by atoms with Crippen molar-refractivity contribution in [2.75, 3.05) is 39.8 Å². The number of piperidine rings is 1. The molecule has 0 atom stereocenters. The fourth-order valence-corrected chi connectivity index (χ4v) is 4.72. The molecule has 0 spiro atoms. The topological polar surface area (TPSA) is 44.4 Å². The normalized spacial score (nSPS) is 20.2. The highest BCUT2D eigenvalue weighted by Gasteiger charge is 2.35. The van der Waals surface area contributed by atoms with Gasteiger partial charge in [-0.15, -0.1) is 12.4 Å². The van der Waals surface area contributed by atoms with Gasteiger partial charge in [0, 0.05) is 12.0 Å². The van der Waals surface area contributed by atoms with Crippen LogP contribution in [0.2, 0.25) is 0 Å². The summed E-state index contributed by atoms with van der Waals surface area (Å²) < 4.78 is 0. The highest BCUT2D eigenvalue weighted by molar-refractivity contribution is 5.85. The molecule has 152 valence electrons. The van der Waals surface area contributed by atoms with E-state index in [1.165, 1.54) is 50.5 Å². The Balaban J connectivity index is 0.00000261. The second kappa shape index (κ2) is 11.0. The molecule has 1 aliphatic heterocycles. The van der Waals surface area contributed by atoms with Crippen molar-refractivity contribution in [1.29, 1.82) is 0 Å². The second-order valence-electron chi connectivity index (χ2n) is 8.24. The molecule has 1 saturated heterocycles. The number of halogens is 1. The van der Waals surface area contributed by atoms with Gasteiger partial charge in [-0.2, -0.15) is 0 Å². The van der Waals surface area contributed by atoms with Crippen molar-refractivity contribution >= 4 is 18.3 Å². The predicted octanol–water partition coefficient (Wildman–Crippen LogP) is 3.36. The van der Waals surface area contributed by atoms with E-state index in [1.54, 1.807) is 0 Å². The van der Waals surface area contributed by atoms with E-state index in [0.29, 0.717) is 6.54 Å². The van der Waals surface area contributed by atoms with Gasteiger partial charge in [0.2, 0.25) is 5.91 Å². The third kappa shape index (κ3) is 6.20. The number of amides is 1. The molecule has 1 amide bonds. The summed E-state index contributed by atoms with van der Waals surface area (Å²) in [6, 6.07) is 10.8. The molecule has 0 radical (unpaired) electrons. The molecule has 1 saturated carbocycles. The van der Waals surface area contributed by atoms with E-state index in [9.17, 15) is 4.79 Å². The van der Waals surface area contributed by atoms with Gasteiger partial charge in [0.1, 0.15) is 0 Å². The van der Waals surface area contributed by atoms with Crippen LogP contribution in [-0.4, -0.2) is 50.6 Å². The highest BCUT2D eigenvalue weighted by atomic mass is 35.5. The Kier molecular flexibility index (Phi) is 9.07. The molecule has 0 unspecified atom stereocenters. The lowest BCUT2D eigenvalue weighted by molar-refractivity contribution is -0.122. The standard InChI is InChI=1S/C22H35N3O.ClH/c1-23-14-9-19-10-15-25(16-11-19)17-21(26)24-18-22(12-5-6-13-22)20-7-3-2-4-8-20;/h2-4,7-8,19,23H,5-6,9-18H2,1H3,(H,24,26);1H. The second-order valence-corrected chi connectivity index (χ2v) is 8.24. The van der Waals surface area contributed by atoms with Crippen LogP contribution in [0.15, 0.2) is 30.3 Å². The fourth-order valence-electron chi connectivity index (χ4n) is 4.72. The summed E-state index contributed by atoms with van der Waals surface area (Å²) in [5.41, 5.74) is 1.54. The van der Waals surface area contributed by atoms with Crippen molar-refractivity contribution in [3.05, 3.63) is 35.9 Å². The highest BCUT2D eigenvalue weighted by Crippen LogP contribution is 2.40. The van der Waals surface area contributed by atoms with E-state index < -0.39 is 0 Å². The zero-order valence-corrected chi connectivity index (χ0v) is 17.5. The van der Waals surface area contributed by atoms with Gasteiger partial charge in [0.05, 0.1) is 6.54 Å². The first-order valence-electron chi connectivity index (χ1n) is 10.4. The Hall–Kier alpha value is -1.10. The number of hydrogen-bond donors (Lipinski definition) is 2. The lowest BCUT2D eigenvalue weighted by Crippen LogP contribution is -2.45. The van der Waals surface area contributed by atoms with Gasteiger partial charge in [0.25, 0.3) is 0 Å². The Labute approximate surface area is 170 Å². The number of hydrogen-bond acceptors (Lipinski definition) is 3. The van der Waals surface area contributed by atoms with E-state index in [0.717, 1.165) is 32.1 Å². The minimum Gasteiger partial charge on any atom is -0.354 e. The first-order valence-corrected chi connectivity index (χ1v) is 10.4. The van der Waals surface area contributed by atoms with Gasteiger partial charge in [-0.25, -0.2) is 0 Å². The Morgan fingerprint density at radius 1 is 1.15 bits per heavy atom. The van der Waals surface area contributed by atoms with Crippen molar-refractivity contribution in [1.82, 2.24) is 15.5 Å². The molecule has 4 nitrogen and oxygen atoms in total. The first kappa shape index (κ1) is 22.2. The zero-order chi connectivity index (χ0) is 18.2. The van der Waals surface area contributed by atoms with Crippen LogP contribution in [0.1, 0.15) is 50.5 Å². The lowest BCUT2D eigenvalue weighted by atomic mass is 9.79. The molecule has 3 rings (SSSR count). The Morgan fingerprint density at radius 3 is 2.44 bits per heavy atom. The van der Waals surface area contributed by atoms with Gasteiger partial charge in [-0.3, -0.25) is 9.69 Å². The summed E-state index contributed by atoms with van der Waals surface area (Å²) >= 11 is 0. The van der Waals surface area contributed by atoms with Crippen LogP contribution in [0.4, 0.5) is 0 Å². The summed E-state index contributed by atoms with van der Waals surface area (Å²) in [4.78, 5) is 14.9. The lowest BCUT2D eigenvalue weighted by Gasteiger charge is -2.33. The SMILES string of the molecule is CNCCC1CCN(CC(=O)NCC2(c3ccccc3)CCCC2)CC1.Cl. The molecule has 1 heterocycles. The smallest absolute Gasteiger partial charge is 0.234 e. The van der Waals surface area contributed by atoms with Crippen LogP contribution in [0.3, 0.4) is 0 Å². The van der Waals surface area contributed by atoms with Crippen molar-refractivity contribution in [3.8, 4) is 0 Å².